The average molecular weight is 282 g/mol. The maximum Gasteiger partial charge on any atom is 0.185 e. The van der Waals surface area contributed by atoms with E-state index in [1.807, 2.05) is 0 Å². The maximum atomic E-state index is 9.45. The van der Waals surface area contributed by atoms with Crippen molar-refractivity contribution in [1.29, 1.82) is 0 Å². The summed E-state index contributed by atoms with van der Waals surface area (Å²) >= 11 is 1.68. The number of aliphatic hydroxyl groups is 1. The van der Waals surface area contributed by atoms with Gasteiger partial charge < -0.3 is 10.0 Å². The molecule has 0 spiro atoms. The van der Waals surface area contributed by atoms with Crippen molar-refractivity contribution < 1.29 is 5.11 Å². The molecule has 0 saturated carbocycles. The Bertz CT molecular complexity index is 412. The number of aliphatic hydroxyl groups excluding tert-OH is 1. The van der Waals surface area contributed by atoms with Crippen LogP contribution < -0.4 is 4.90 Å². The van der Waals surface area contributed by atoms with Crippen LogP contribution in [0.25, 0.3) is 0 Å². The largest absolute Gasteiger partial charge is 0.391 e. The molecule has 3 nitrogen and oxygen atoms in total. The number of aromatic nitrogens is 1. The molecule has 0 atom stereocenters. The van der Waals surface area contributed by atoms with Crippen molar-refractivity contribution in [2.45, 2.75) is 59.5 Å². The summed E-state index contributed by atoms with van der Waals surface area (Å²) in [7, 11) is 0. The van der Waals surface area contributed by atoms with E-state index in [-0.39, 0.29) is 6.61 Å². The third-order valence-corrected chi connectivity index (χ3v) is 5.75. The summed E-state index contributed by atoms with van der Waals surface area (Å²) < 4.78 is 0. The van der Waals surface area contributed by atoms with E-state index in [2.05, 4.69) is 25.7 Å². The topological polar surface area (TPSA) is 36.4 Å². The molecule has 0 bridgehead atoms. The summed E-state index contributed by atoms with van der Waals surface area (Å²) in [5.41, 5.74) is 1.59. The zero-order chi connectivity index (χ0) is 13.9. The average Bonchev–Trinajstić information content (AvgIpc) is 3.03. The van der Waals surface area contributed by atoms with Crippen LogP contribution in [-0.4, -0.2) is 23.2 Å². The van der Waals surface area contributed by atoms with Gasteiger partial charge in [-0.25, -0.2) is 4.98 Å². The quantitative estimate of drug-likeness (QED) is 0.866. The first-order valence-corrected chi connectivity index (χ1v) is 8.34. The first-order chi connectivity index (χ1) is 9.18. The third-order valence-electron chi connectivity index (χ3n) is 4.61. The van der Waals surface area contributed by atoms with E-state index >= 15 is 0 Å². The molecule has 19 heavy (non-hydrogen) atoms. The zero-order valence-corrected chi connectivity index (χ0v) is 13.2. The van der Waals surface area contributed by atoms with Crippen molar-refractivity contribution in [2.75, 3.05) is 18.0 Å². The molecule has 0 aromatic carbocycles. The third kappa shape index (κ3) is 2.95. The van der Waals surface area contributed by atoms with Gasteiger partial charge in [0, 0.05) is 13.1 Å². The highest BCUT2D eigenvalue weighted by Crippen LogP contribution is 2.40. The van der Waals surface area contributed by atoms with Crippen LogP contribution in [0, 0.1) is 5.41 Å². The van der Waals surface area contributed by atoms with Crippen molar-refractivity contribution in [3.63, 3.8) is 0 Å². The van der Waals surface area contributed by atoms with Gasteiger partial charge in [0.15, 0.2) is 5.13 Å². The van der Waals surface area contributed by atoms with E-state index in [0.29, 0.717) is 5.41 Å². The summed E-state index contributed by atoms with van der Waals surface area (Å²) in [4.78, 5) is 8.26. The van der Waals surface area contributed by atoms with Crippen LogP contribution in [-0.2, 0) is 13.0 Å². The molecular formula is C15H26N2OS. The molecule has 1 aromatic heterocycles. The van der Waals surface area contributed by atoms with Crippen LogP contribution in [0.1, 0.15) is 57.0 Å². The fraction of sp³-hybridized carbons (Fsp3) is 0.800. The Morgan fingerprint density at radius 3 is 2.58 bits per heavy atom. The van der Waals surface area contributed by atoms with E-state index in [1.54, 1.807) is 11.3 Å². The van der Waals surface area contributed by atoms with Crippen LogP contribution in [0.2, 0.25) is 0 Å². The van der Waals surface area contributed by atoms with Crippen molar-refractivity contribution >= 4 is 16.5 Å². The summed E-state index contributed by atoms with van der Waals surface area (Å²) in [6, 6.07) is 0. The van der Waals surface area contributed by atoms with Gasteiger partial charge in [-0.15, -0.1) is 0 Å². The smallest absolute Gasteiger partial charge is 0.185 e. The fourth-order valence-corrected chi connectivity index (χ4v) is 3.98. The Balaban J connectivity index is 2.15. The van der Waals surface area contributed by atoms with Crippen LogP contribution in [0.3, 0.4) is 0 Å². The van der Waals surface area contributed by atoms with E-state index in [4.69, 9.17) is 4.98 Å². The first kappa shape index (κ1) is 14.8. The Hall–Kier alpha value is -0.610. The zero-order valence-electron chi connectivity index (χ0n) is 12.4. The molecule has 2 rings (SSSR count). The summed E-state index contributed by atoms with van der Waals surface area (Å²) in [6.07, 6.45) is 5.84. The summed E-state index contributed by atoms with van der Waals surface area (Å²) in [5, 5.41) is 10.6. The van der Waals surface area contributed by atoms with Gasteiger partial charge >= 0.3 is 0 Å². The minimum absolute atomic E-state index is 0.132. The molecule has 0 unspecified atom stereocenters. The van der Waals surface area contributed by atoms with Gasteiger partial charge in [0.25, 0.3) is 0 Å². The highest BCUT2D eigenvalue weighted by atomic mass is 32.1. The van der Waals surface area contributed by atoms with Crippen molar-refractivity contribution in [2.24, 2.45) is 5.41 Å². The minimum atomic E-state index is 0.132. The van der Waals surface area contributed by atoms with Crippen molar-refractivity contribution in [3.05, 3.63) is 10.6 Å². The normalized spacial score (nSPS) is 18.2. The van der Waals surface area contributed by atoms with Gasteiger partial charge in [-0.05, 0) is 31.1 Å². The number of thiazole rings is 1. The molecule has 1 N–H and O–H groups in total. The highest BCUT2D eigenvalue weighted by molar-refractivity contribution is 7.15. The van der Waals surface area contributed by atoms with Gasteiger partial charge in [-0.1, -0.05) is 38.5 Å². The second-order valence-corrected chi connectivity index (χ2v) is 6.72. The van der Waals surface area contributed by atoms with Crippen LogP contribution >= 0.6 is 11.3 Å². The Kier molecular flexibility index (Phi) is 4.85. The van der Waals surface area contributed by atoms with Crippen LogP contribution in [0.15, 0.2) is 0 Å². The van der Waals surface area contributed by atoms with Gasteiger partial charge in [0.05, 0.1) is 17.2 Å². The predicted molar refractivity (Wildman–Crippen MR) is 81.9 cm³/mol. The maximum absolute atomic E-state index is 9.45. The first-order valence-electron chi connectivity index (χ1n) is 7.52. The molecule has 1 aromatic rings. The number of hydrogen-bond acceptors (Lipinski definition) is 4. The molecule has 1 fully saturated rings. The second kappa shape index (κ2) is 6.23. The SMILES string of the molecule is CCCc1nc(N2CCC(CC)(CC)C2)sc1CO. The second-order valence-electron chi connectivity index (χ2n) is 5.65. The van der Waals surface area contributed by atoms with Gasteiger partial charge in [0.2, 0.25) is 0 Å². The Morgan fingerprint density at radius 1 is 1.32 bits per heavy atom. The number of nitrogens with zero attached hydrogens (tertiary/aromatic N) is 2. The lowest BCUT2D eigenvalue weighted by atomic mass is 9.82. The number of hydrogen-bond donors (Lipinski definition) is 1. The molecule has 1 aliphatic heterocycles. The highest BCUT2D eigenvalue weighted by Gasteiger charge is 2.36. The number of aryl methyl sites for hydroxylation is 1. The lowest BCUT2D eigenvalue weighted by molar-refractivity contribution is 0.284. The lowest BCUT2D eigenvalue weighted by Crippen LogP contribution is -2.26. The Morgan fingerprint density at radius 2 is 2.05 bits per heavy atom. The molecular weight excluding hydrogens is 256 g/mol. The van der Waals surface area contributed by atoms with Gasteiger partial charge in [0.1, 0.15) is 0 Å². The van der Waals surface area contributed by atoms with Gasteiger partial charge in [-0.2, -0.15) is 0 Å². The molecule has 4 heteroatoms. The molecule has 1 aliphatic rings. The predicted octanol–water partition coefficient (Wildman–Crippen LogP) is 3.60. The lowest BCUT2D eigenvalue weighted by Gasteiger charge is -2.26. The van der Waals surface area contributed by atoms with Crippen molar-refractivity contribution in [3.8, 4) is 0 Å². The Labute approximate surface area is 120 Å². The monoisotopic (exact) mass is 282 g/mol. The van der Waals surface area contributed by atoms with Crippen molar-refractivity contribution in [1.82, 2.24) is 4.98 Å². The standard InChI is InChI=1S/C15H26N2OS/c1-4-7-12-13(10-18)19-14(16-12)17-9-8-15(5-2,6-3)11-17/h18H,4-11H2,1-3H3. The van der Waals surface area contributed by atoms with Gasteiger partial charge in [-0.3, -0.25) is 0 Å². The number of rotatable bonds is 6. The van der Waals surface area contributed by atoms with E-state index in [0.717, 1.165) is 41.6 Å². The molecule has 2 heterocycles. The minimum Gasteiger partial charge on any atom is -0.391 e. The molecule has 108 valence electrons. The molecule has 1 saturated heterocycles. The molecule has 0 aliphatic carbocycles. The number of anilines is 1. The summed E-state index contributed by atoms with van der Waals surface area (Å²) in [5.74, 6) is 0. The van der Waals surface area contributed by atoms with Crippen LogP contribution in [0.4, 0.5) is 5.13 Å². The van der Waals surface area contributed by atoms with E-state index in [9.17, 15) is 5.11 Å². The molecule has 0 radical (unpaired) electrons. The molecule has 0 amide bonds. The van der Waals surface area contributed by atoms with E-state index in [1.165, 1.54) is 19.3 Å². The fourth-order valence-electron chi connectivity index (χ4n) is 2.99. The van der Waals surface area contributed by atoms with E-state index < -0.39 is 0 Å². The van der Waals surface area contributed by atoms with Crippen LogP contribution in [0.5, 0.6) is 0 Å². The summed E-state index contributed by atoms with van der Waals surface area (Å²) in [6.45, 7) is 9.14.